The Hall–Kier alpha value is -1.37. The molecule has 0 bridgehead atoms. The first-order valence-corrected chi connectivity index (χ1v) is 5.95. The Morgan fingerprint density at radius 2 is 1.71 bits per heavy atom. The van der Waals surface area contributed by atoms with E-state index in [1.807, 2.05) is 39.0 Å². The molecule has 0 aromatic carbocycles. The van der Waals surface area contributed by atoms with E-state index in [4.69, 9.17) is 0 Å². The van der Waals surface area contributed by atoms with Crippen LogP contribution < -0.4 is 0 Å². The highest BCUT2D eigenvalue weighted by Gasteiger charge is 2.19. The summed E-state index contributed by atoms with van der Waals surface area (Å²) in [5, 5.41) is 0. The molecule has 0 saturated carbocycles. The van der Waals surface area contributed by atoms with E-state index in [0.29, 0.717) is 0 Å². The van der Waals surface area contributed by atoms with E-state index in [9.17, 15) is 0 Å². The predicted octanol–water partition coefficient (Wildman–Crippen LogP) is 5.09. The Labute approximate surface area is 106 Å². The van der Waals surface area contributed by atoms with Crippen molar-refractivity contribution in [1.29, 1.82) is 0 Å². The van der Waals surface area contributed by atoms with Gasteiger partial charge in [0.05, 0.1) is 5.70 Å². The van der Waals surface area contributed by atoms with Gasteiger partial charge in [0, 0.05) is 5.71 Å². The molecule has 0 unspecified atom stereocenters. The Morgan fingerprint density at radius 1 is 1.18 bits per heavy atom. The lowest BCUT2D eigenvalue weighted by Crippen LogP contribution is -2.11. The van der Waals surface area contributed by atoms with Crippen LogP contribution in [0.25, 0.3) is 0 Å². The fraction of sp³-hybridized carbons (Fsp3) is 0.438. The maximum absolute atomic E-state index is 4.61. The van der Waals surface area contributed by atoms with Gasteiger partial charge in [-0.3, -0.25) is 4.99 Å². The molecule has 1 heteroatoms. The van der Waals surface area contributed by atoms with Crippen molar-refractivity contribution >= 4 is 5.71 Å². The van der Waals surface area contributed by atoms with E-state index in [2.05, 4.69) is 38.9 Å². The normalized spacial score (nSPS) is 13.3. The van der Waals surface area contributed by atoms with Crippen LogP contribution in [0.4, 0.5) is 0 Å². The fourth-order valence-electron chi connectivity index (χ4n) is 1.57. The second kappa shape index (κ2) is 6.39. The predicted molar refractivity (Wildman–Crippen MR) is 79.4 cm³/mol. The van der Waals surface area contributed by atoms with Crippen LogP contribution >= 0.6 is 0 Å². The largest absolute Gasteiger partial charge is 0.258 e. The molecule has 0 atom stereocenters. The second-order valence-corrected chi connectivity index (χ2v) is 5.30. The SMILES string of the molecule is C=C/C(=C(\N=C(C)C)C(=C)/C=C\C)C(C)(C)C. The van der Waals surface area contributed by atoms with Gasteiger partial charge in [0.15, 0.2) is 0 Å². The first-order valence-electron chi connectivity index (χ1n) is 5.95. The summed E-state index contributed by atoms with van der Waals surface area (Å²) in [4.78, 5) is 4.61. The molecule has 0 aliphatic carbocycles. The van der Waals surface area contributed by atoms with Crippen molar-refractivity contribution in [1.82, 2.24) is 0 Å². The van der Waals surface area contributed by atoms with Crippen molar-refractivity contribution in [2.75, 3.05) is 0 Å². The Balaban J connectivity index is 5.90. The number of rotatable bonds is 4. The zero-order valence-corrected chi connectivity index (χ0v) is 12.1. The van der Waals surface area contributed by atoms with Gasteiger partial charge in [0.25, 0.3) is 0 Å². The standard InChI is InChI=1S/C16H25N/c1-9-11-13(5)15(17-12(3)4)14(10-2)16(6,7)8/h9-11H,2,5H2,1,3-4,6-8H3/b11-9-,15-14+. The van der Waals surface area contributed by atoms with Crippen molar-refractivity contribution in [3.63, 3.8) is 0 Å². The van der Waals surface area contributed by atoms with Gasteiger partial charge in [0.2, 0.25) is 0 Å². The summed E-state index contributed by atoms with van der Waals surface area (Å²) in [7, 11) is 0. The summed E-state index contributed by atoms with van der Waals surface area (Å²) in [5.41, 5.74) is 4.03. The van der Waals surface area contributed by atoms with Crippen molar-refractivity contribution in [2.45, 2.75) is 41.5 Å². The lowest BCUT2D eigenvalue weighted by atomic mass is 9.83. The highest BCUT2D eigenvalue weighted by atomic mass is 14.8. The molecule has 1 nitrogen and oxygen atoms in total. The molecule has 0 N–H and O–H groups in total. The average molecular weight is 231 g/mol. The highest BCUT2D eigenvalue weighted by molar-refractivity contribution is 5.81. The molecule has 17 heavy (non-hydrogen) atoms. The first kappa shape index (κ1) is 15.6. The van der Waals surface area contributed by atoms with Crippen LogP contribution in [0.5, 0.6) is 0 Å². The lowest BCUT2D eigenvalue weighted by Gasteiger charge is -2.23. The van der Waals surface area contributed by atoms with Crippen LogP contribution in [0.2, 0.25) is 0 Å². The summed E-state index contributed by atoms with van der Waals surface area (Å²) < 4.78 is 0. The first-order chi connectivity index (χ1) is 7.73. The molecule has 0 heterocycles. The molecule has 0 aromatic heterocycles. The minimum atomic E-state index is 0.0144. The van der Waals surface area contributed by atoms with Crippen LogP contribution in [0.3, 0.4) is 0 Å². The highest BCUT2D eigenvalue weighted by Crippen LogP contribution is 2.32. The second-order valence-electron chi connectivity index (χ2n) is 5.30. The van der Waals surface area contributed by atoms with Crippen molar-refractivity contribution < 1.29 is 0 Å². The van der Waals surface area contributed by atoms with E-state index >= 15 is 0 Å². The third kappa shape index (κ3) is 4.99. The molecule has 0 amide bonds. The molecule has 0 spiro atoms. The maximum Gasteiger partial charge on any atom is 0.0732 e. The molecule has 94 valence electrons. The lowest BCUT2D eigenvalue weighted by molar-refractivity contribution is 0.512. The van der Waals surface area contributed by atoms with Gasteiger partial charge in [-0.1, -0.05) is 52.2 Å². The van der Waals surface area contributed by atoms with E-state index in [-0.39, 0.29) is 5.41 Å². The van der Waals surface area contributed by atoms with Gasteiger partial charge < -0.3 is 0 Å². The summed E-state index contributed by atoms with van der Waals surface area (Å²) >= 11 is 0. The zero-order valence-electron chi connectivity index (χ0n) is 12.1. The zero-order chi connectivity index (χ0) is 13.6. The van der Waals surface area contributed by atoms with Crippen LogP contribution in [0, 0.1) is 5.41 Å². The monoisotopic (exact) mass is 231 g/mol. The van der Waals surface area contributed by atoms with Crippen molar-refractivity contribution in [3.05, 3.63) is 48.2 Å². The molecule has 0 rings (SSSR count). The van der Waals surface area contributed by atoms with E-state index in [0.717, 1.165) is 22.6 Å². The van der Waals surface area contributed by atoms with Crippen molar-refractivity contribution in [3.8, 4) is 0 Å². The molecule has 0 saturated heterocycles. The minimum Gasteiger partial charge on any atom is -0.258 e. The molecule has 0 fully saturated rings. The number of hydrogen-bond acceptors (Lipinski definition) is 1. The van der Waals surface area contributed by atoms with Crippen LogP contribution in [0.1, 0.15) is 41.5 Å². The Morgan fingerprint density at radius 3 is 2.00 bits per heavy atom. The van der Waals surface area contributed by atoms with Gasteiger partial charge in [0.1, 0.15) is 0 Å². The molecular weight excluding hydrogens is 206 g/mol. The third-order valence-corrected chi connectivity index (χ3v) is 2.27. The van der Waals surface area contributed by atoms with Gasteiger partial charge in [-0.15, -0.1) is 0 Å². The van der Waals surface area contributed by atoms with Crippen LogP contribution in [-0.4, -0.2) is 5.71 Å². The van der Waals surface area contributed by atoms with Crippen LogP contribution in [0.15, 0.2) is 53.2 Å². The molecule has 0 aliphatic heterocycles. The van der Waals surface area contributed by atoms with E-state index in [1.165, 1.54) is 0 Å². The smallest absolute Gasteiger partial charge is 0.0732 e. The molecule has 0 radical (unpaired) electrons. The van der Waals surface area contributed by atoms with Gasteiger partial charge in [-0.2, -0.15) is 0 Å². The topological polar surface area (TPSA) is 12.4 Å². The third-order valence-electron chi connectivity index (χ3n) is 2.27. The summed E-state index contributed by atoms with van der Waals surface area (Å²) in [6, 6.07) is 0. The van der Waals surface area contributed by atoms with E-state index in [1.54, 1.807) is 0 Å². The quantitative estimate of drug-likeness (QED) is 0.472. The van der Waals surface area contributed by atoms with Gasteiger partial charge in [-0.25, -0.2) is 0 Å². The van der Waals surface area contributed by atoms with E-state index < -0.39 is 0 Å². The summed E-state index contributed by atoms with van der Waals surface area (Å²) in [6.07, 6.45) is 5.85. The molecular formula is C16H25N. The fourth-order valence-corrected chi connectivity index (χ4v) is 1.57. The summed E-state index contributed by atoms with van der Waals surface area (Å²) in [5.74, 6) is 0. The number of nitrogens with zero attached hydrogens (tertiary/aromatic N) is 1. The maximum atomic E-state index is 4.61. The Bertz CT molecular complexity index is 380. The number of aliphatic imine (C=N–C) groups is 1. The van der Waals surface area contributed by atoms with Crippen LogP contribution in [-0.2, 0) is 0 Å². The minimum absolute atomic E-state index is 0.0144. The van der Waals surface area contributed by atoms with Gasteiger partial charge >= 0.3 is 0 Å². The molecule has 0 aromatic rings. The van der Waals surface area contributed by atoms with Crippen molar-refractivity contribution in [2.24, 2.45) is 10.4 Å². The summed E-state index contributed by atoms with van der Waals surface area (Å²) in [6.45, 7) is 20.4. The van der Waals surface area contributed by atoms with Gasteiger partial charge in [-0.05, 0) is 37.3 Å². The molecule has 0 aliphatic rings. The average Bonchev–Trinajstić information content (AvgIpc) is 2.14. The number of allylic oxidation sites excluding steroid dienone is 4. The number of hydrogen-bond donors (Lipinski definition) is 0. The Kier molecular flexibility index (Phi) is 5.87.